The molecule has 1 aromatic rings. The zero-order chi connectivity index (χ0) is 15.8. The van der Waals surface area contributed by atoms with Crippen LogP contribution in [0.4, 0.5) is 0 Å². The third-order valence-corrected chi connectivity index (χ3v) is 3.33. The SMILES string of the molecule is CCNCc1cc(Cl)cc(Cl)c1OC(CC)C(=O)OCC. The number of rotatable bonds is 8. The van der Waals surface area contributed by atoms with Crippen molar-refractivity contribution >= 4 is 29.2 Å². The number of hydrogen-bond donors (Lipinski definition) is 1. The fraction of sp³-hybridized carbons (Fsp3) is 0.533. The molecule has 0 radical (unpaired) electrons. The van der Waals surface area contributed by atoms with Crippen LogP contribution in [0.1, 0.15) is 32.8 Å². The monoisotopic (exact) mass is 333 g/mol. The van der Waals surface area contributed by atoms with Gasteiger partial charge in [-0.1, -0.05) is 37.0 Å². The number of nitrogens with one attached hydrogen (secondary N) is 1. The highest BCUT2D eigenvalue weighted by Crippen LogP contribution is 2.33. The van der Waals surface area contributed by atoms with Crippen molar-refractivity contribution in [3.05, 3.63) is 27.7 Å². The predicted octanol–water partition coefficient (Wildman–Crippen LogP) is 3.82. The van der Waals surface area contributed by atoms with Crippen LogP contribution in [-0.2, 0) is 16.1 Å². The lowest BCUT2D eigenvalue weighted by Gasteiger charge is -2.20. The highest BCUT2D eigenvalue weighted by Gasteiger charge is 2.22. The molecule has 0 amide bonds. The topological polar surface area (TPSA) is 47.6 Å². The maximum Gasteiger partial charge on any atom is 0.347 e. The highest BCUT2D eigenvalue weighted by atomic mass is 35.5. The molecule has 1 rings (SSSR count). The Morgan fingerprint density at radius 1 is 1.29 bits per heavy atom. The lowest BCUT2D eigenvalue weighted by Crippen LogP contribution is -2.29. The van der Waals surface area contributed by atoms with E-state index >= 15 is 0 Å². The summed E-state index contributed by atoms with van der Waals surface area (Å²) in [5.74, 6) is 0.0855. The van der Waals surface area contributed by atoms with Crippen LogP contribution in [0.2, 0.25) is 10.0 Å². The molecule has 0 saturated carbocycles. The van der Waals surface area contributed by atoms with E-state index in [0.29, 0.717) is 35.4 Å². The summed E-state index contributed by atoms with van der Waals surface area (Å²) in [6.07, 6.45) is -0.178. The number of halogens is 2. The van der Waals surface area contributed by atoms with E-state index in [1.165, 1.54) is 0 Å². The van der Waals surface area contributed by atoms with Crippen molar-refractivity contribution in [1.82, 2.24) is 5.32 Å². The van der Waals surface area contributed by atoms with Crippen LogP contribution in [0.25, 0.3) is 0 Å². The molecule has 4 nitrogen and oxygen atoms in total. The molecule has 0 fully saturated rings. The van der Waals surface area contributed by atoms with E-state index in [9.17, 15) is 4.79 Å². The van der Waals surface area contributed by atoms with Gasteiger partial charge in [0.15, 0.2) is 6.10 Å². The van der Waals surface area contributed by atoms with Crippen molar-refractivity contribution in [3.8, 4) is 5.75 Å². The molecular formula is C15H21Cl2NO3. The first-order valence-corrected chi connectivity index (χ1v) is 7.80. The van der Waals surface area contributed by atoms with Gasteiger partial charge in [-0.15, -0.1) is 0 Å². The molecule has 1 N–H and O–H groups in total. The van der Waals surface area contributed by atoms with Gasteiger partial charge in [0.1, 0.15) is 5.75 Å². The maximum absolute atomic E-state index is 11.9. The molecule has 1 aromatic carbocycles. The number of benzene rings is 1. The lowest BCUT2D eigenvalue weighted by molar-refractivity contribution is -0.151. The second-order valence-corrected chi connectivity index (χ2v) is 5.27. The Hall–Kier alpha value is -0.970. The zero-order valence-corrected chi connectivity index (χ0v) is 14.1. The minimum Gasteiger partial charge on any atom is -0.477 e. The van der Waals surface area contributed by atoms with Crippen molar-refractivity contribution in [2.45, 2.75) is 39.8 Å². The predicted molar refractivity (Wildman–Crippen MR) is 85.2 cm³/mol. The van der Waals surface area contributed by atoms with Crippen LogP contribution in [0.5, 0.6) is 5.75 Å². The second-order valence-electron chi connectivity index (χ2n) is 4.42. The van der Waals surface area contributed by atoms with Crippen LogP contribution in [0.15, 0.2) is 12.1 Å². The van der Waals surface area contributed by atoms with E-state index in [1.54, 1.807) is 19.1 Å². The van der Waals surface area contributed by atoms with E-state index in [2.05, 4.69) is 5.32 Å². The van der Waals surface area contributed by atoms with E-state index in [-0.39, 0.29) is 5.97 Å². The average Bonchev–Trinajstić information content (AvgIpc) is 2.44. The zero-order valence-electron chi connectivity index (χ0n) is 12.5. The molecule has 0 saturated heterocycles. The fourth-order valence-corrected chi connectivity index (χ4v) is 2.39. The van der Waals surface area contributed by atoms with Crippen molar-refractivity contribution in [1.29, 1.82) is 0 Å². The normalized spacial score (nSPS) is 12.0. The summed E-state index contributed by atoms with van der Waals surface area (Å²) >= 11 is 12.2. The van der Waals surface area contributed by atoms with Crippen LogP contribution < -0.4 is 10.1 Å². The lowest BCUT2D eigenvalue weighted by atomic mass is 10.2. The summed E-state index contributed by atoms with van der Waals surface area (Å²) in [6, 6.07) is 3.38. The molecule has 0 aliphatic carbocycles. The van der Waals surface area contributed by atoms with Crippen molar-refractivity contribution < 1.29 is 14.3 Å². The Labute approximate surface area is 135 Å². The molecule has 0 spiro atoms. The standard InChI is InChI=1S/C15H21Cl2NO3/c1-4-13(15(19)20-6-3)21-14-10(9-18-5-2)7-11(16)8-12(14)17/h7-8,13,18H,4-6,9H2,1-3H3. The van der Waals surface area contributed by atoms with Gasteiger partial charge in [-0.25, -0.2) is 4.79 Å². The number of carbonyl (C=O) groups is 1. The van der Waals surface area contributed by atoms with Gasteiger partial charge in [0, 0.05) is 17.1 Å². The van der Waals surface area contributed by atoms with Crippen LogP contribution >= 0.6 is 23.2 Å². The van der Waals surface area contributed by atoms with E-state index in [4.69, 9.17) is 32.7 Å². The minimum atomic E-state index is -0.677. The van der Waals surface area contributed by atoms with Gasteiger partial charge in [-0.2, -0.15) is 0 Å². The first-order chi connectivity index (χ1) is 10.0. The van der Waals surface area contributed by atoms with Gasteiger partial charge in [0.05, 0.1) is 11.6 Å². The Morgan fingerprint density at radius 3 is 2.57 bits per heavy atom. The van der Waals surface area contributed by atoms with E-state index < -0.39 is 6.10 Å². The molecule has 0 bridgehead atoms. The highest BCUT2D eigenvalue weighted by molar-refractivity contribution is 6.35. The number of carbonyl (C=O) groups excluding carboxylic acids is 1. The summed E-state index contributed by atoms with van der Waals surface area (Å²) < 4.78 is 10.8. The van der Waals surface area contributed by atoms with Gasteiger partial charge in [-0.3, -0.25) is 0 Å². The van der Waals surface area contributed by atoms with Crippen LogP contribution in [-0.4, -0.2) is 25.2 Å². The average molecular weight is 334 g/mol. The van der Waals surface area contributed by atoms with Gasteiger partial charge >= 0.3 is 5.97 Å². The molecule has 118 valence electrons. The van der Waals surface area contributed by atoms with Crippen molar-refractivity contribution in [2.75, 3.05) is 13.2 Å². The first-order valence-electron chi connectivity index (χ1n) is 7.05. The summed E-state index contributed by atoms with van der Waals surface area (Å²) in [6.45, 7) is 7.30. The summed E-state index contributed by atoms with van der Waals surface area (Å²) in [4.78, 5) is 11.9. The quantitative estimate of drug-likeness (QED) is 0.734. The molecule has 1 unspecified atom stereocenters. The largest absolute Gasteiger partial charge is 0.477 e. The summed E-state index contributed by atoms with van der Waals surface area (Å²) in [5.41, 5.74) is 0.817. The van der Waals surface area contributed by atoms with Gasteiger partial charge in [0.25, 0.3) is 0 Å². The van der Waals surface area contributed by atoms with E-state index in [0.717, 1.165) is 12.1 Å². The third kappa shape index (κ3) is 5.38. The Bertz CT molecular complexity index is 480. The Kier molecular flexibility index (Phi) is 7.86. The smallest absolute Gasteiger partial charge is 0.347 e. The van der Waals surface area contributed by atoms with Gasteiger partial charge < -0.3 is 14.8 Å². The maximum atomic E-state index is 11.9. The Morgan fingerprint density at radius 2 is 2.00 bits per heavy atom. The number of ether oxygens (including phenoxy) is 2. The second kappa shape index (κ2) is 9.13. The van der Waals surface area contributed by atoms with Gasteiger partial charge in [0.2, 0.25) is 0 Å². The first kappa shape index (κ1) is 18.1. The van der Waals surface area contributed by atoms with E-state index in [1.807, 2.05) is 13.8 Å². The van der Waals surface area contributed by atoms with Crippen LogP contribution in [0, 0.1) is 0 Å². The van der Waals surface area contributed by atoms with Crippen LogP contribution in [0.3, 0.4) is 0 Å². The fourth-order valence-electron chi connectivity index (χ4n) is 1.81. The molecule has 21 heavy (non-hydrogen) atoms. The molecule has 6 heteroatoms. The molecule has 0 heterocycles. The molecule has 0 aliphatic rings. The molecule has 0 aromatic heterocycles. The summed E-state index contributed by atoms with van der Waals surface area (Å²) in [5, 5.41) is 4.11. The molecule has 1 atom stereocenters. The summed E-state index contributed by atoms with van der Waals surface area (Å²) in [7, 11) is 0. The number of hydrogen-bond acceptors (Lipinski definition) is 4. The van der Waals surface area contributed by atoms with Crippen molar-refractivity contribution in [2.24, 2.45) is 0 Å². The molecule has 0 aliphatic heterocycles. The Balaban J connectivity index is 3.01. The van der Waals surface area contributed by atoms with Crippen molar-refractivity contribution in [3.63, 3.8) is 0 Å². The number of esters is 1. The van der Waals surface area contributed by atoms with Gasteiger partial charge in [-0.05, 0) is 32.0 Å². The third-order valence-electron chi connectivity index (χ3n) is 2.83. The minimum absolute atomic E-state index is 0.317. The molecular weight excluding hydrogens is 313 g/mol.